The van der Waals surface area contributed by atoms with Crippen LogP contribution in [0.15, 0.2) is 23.1 Å². The van der Waals surface area contributed by atoms with E-state index in [1.165, 1.54) is 0 Å². The Hall–Kier alpha value is -2.46. The number of aromatic nitrogens is 2. The summed E-state index contributed by atoms with van der Waals surface area (Å²) in [6.45, 7) is 2.68. The normalized spacial score (nSPS) is 18.8. The second-order valence-electron chi connectivity index (χ2n) is 9.32. The predicted octanol–water partition coefficient (Wildman–Crippen LogP) is 2.67. The lowest BCUT2D eigenvalue weighted by Gasteiger charge is -2.25. The van der Waals surface area contributed by atoms with Crippen LogP contribution in [-0.4, -0.2) is 59.4 Å². The van der Waals surface area contributed by atoms with Crippen molar-refractivity contribution in [2.75, 3.05) is 13.1 Å². The number of carbonyl (C=O) groups is 2. The van der Waals surface area contributed by atoms with E-state index in [1.54, 1.807) is 29.4 Å². The molecule has 1 amide bonds. The van der Waals surface area contributed by atoms with Gasteiger partial charge in [-0.05, 0) is 50.8 Å². The Balaban J connectivity index is 1.37. The molecule has 2 heterocycles. The van der Waals surface area contributed by atoms with Crippen LogP contribution < -0.4 is 5.32 Å². The average molecular weight is 491 g/mol. The molecule has 1 N–H and O–H groups in total. The van der Waals surface area contributed by atoms with Crippen LogP contribution in [-0.2, 0) is 37.8 Å². The van der Waals surface area contributed by atoms with E-state index >= 15 is 0 Å². The number of nitrogens with zero attached hydrogens (tertiary/aromatic N) is 3. The van der Waals surface area contributed by atoms with Crippen molar-refractivity contribution in [1.29, 1.82) is 0 Å². The zero-order chi connectivity index (χ0) is 24.3. The fourth-order valence-electron chi connectivity index (χ4n) is 4.78. The van der Waals surface area contributed by atoms with Gasteiger partial charge in [-0.25, -0.2) is 13.4 Å². The summed E-state index contributed by atoms with van der Waals surface area (Å²) >= 11 is 0. The third-order valence-electron chi connectivity index (χ3n) is 6.83. The highest BCUT2D eigenvalue weighted by Crippen LogP contribution is 2.25. The van der Waals surface area contributed by atoms with Gasteiger partial charge < -0.3 is 14.6 Å². The summed E-state index contributed by atoms with van der Waals surface area (Å²) in [6.07, 6.45) is 6.56. The van der Waals surface area contributed by atoms with Crippen molar-refractivity contribution in [3.63, 3.8) is 0 Å². The average Bonchev–Trinajstić information content (AvgIpc) is 3.45. The Morgan fingerprint density at radius 3 is 2.56 bits per heavy atom. The molecule has 2 fully saturated rings. The number of aryl methyl sites for hydroxylation is 2. The van der Waals surface area contributed by atoms with Crippen molar-refractivity contribution in [2.24, 2.45) is 7.05 Å². The summed E-state index contributed by atoms with van der Waals surface area (Å²) in [5.74, 6) is -0.0672. The zero-order valence-electron chi connectivity index (χ0n) is 20.0. The van der Waals surface area contributed by atoms with Gasteiger partial charge >= 0.3 is 5.97 Å². The molecule has 1 saturated heterocycles. The molecule has 0 unspecified atom stereocenters. The summed E-state index contributed by atoms with van der Waals surface area (Å²) in [5.41, 5.74) is 1.37. The maximum atomic E-state index is 13.0. The van der Waals surface area contributed by atoms with E-state index in [2.05, 4.69) is 10.3 Å². The van der Waals surface area contributed by atoms with Crippen molar-refractivity contribution >= 4 is 32.9 Å². The van der Waals surface area contributed by atoms with Crippen LogP contribution in [0.4, 0.5) is 0 Å². The molecule has 10 heteroatoms. The maximum Gasteiger partial charge on any atom is 0.307 e. The Morgan fingerprint density at radius 1 is 1.15 bits per heavy atom. The minimum Gasteiger partial charge on any atom is -0.453 e. The maximum absolute atomic E-state index is 13.0. The van der Waals surface area contributed by atoms with Crippen molar-refractivity contribution in [3.8, 4) is 0 Å². The number of rotatable bonds is 8. The number of hydrogen-bond donors (Lipinski definition) is 1. The molecule has 1 aromatic heterocycles. The van der Waals surface area contributed by atoms with E-state index in [1.807, 2.05) is 11.6 Å². The molecule has 2 aliphatic rings. The van der Waals surface area contributed by atoms with E-state index in [4.69, 9.17) is 4.74 Å². The molecule has 4 rings (SSSR count). The fraction of sp³-hybridized carbons (Fsp3) is 0.625. The largest absolute Gasteiger partial charge is 0.453 e. The van der Waals surface area contributed by atoms with E-state index in [0.29, 0.717) is 30.9 Å². The lowest BCUT2D eigenvalue weighted by Crippen LogP contribution is -2.40. The van der Waals surface area contributed by atoms with E-state index < -0.39 is 22.1 Å². The first kappa shape index (κ1) is 24.7. The van der Waals surface area contributed by atoms with Gasteiger partial charge in [-0.15, -0.1) is 0 Å². The van der Waals surface area contributed by atoms with Crippen LogP contribution in [0.3, 0.4) is 0 Å². The minimum absolute atomic E-state index is 0.0805. The molecule has 186 valence electrons. The van der Waals surface area contributed by atoms with Crippen molar-refractivity contribution in [3.05, 3.63) is 24.0 Å². The minimum atomic E-state index is -3.54. The monoisotopic (exact) mass is 490 g/mol. The number of amides is 1. The topological polar surface area (TPSA) is 111 Å². The lowest BCUT2D eigenvalue weighted by atomic mass is 10.2. The molecule has 0 spiro atoms. The Kier molecular flexibility index (Phi) is 7.57. The molecule has 1 aliphatic carbocycles. The van der Waals surface area contributed by atoms with Gasteiger partial charge in [0.25, 0.3) is 5.91 Å². The summed E-state index contributed by atoms with van der Waals surface area (Å²) in [7, 11) is -1.70. The number of fused-ring (bicyclic) bond motifs is 1. The Morgan fingerprint density at radius 2 is 1.85 bits per heavy atom. The number of sulfonamides is 1. The highest BCUT2D eigenvalue weighted by atomic mass is 32.2. The number of carbonyl (C=O) groups excluding carboxylic acids is 2. The first-order valence-electron chi connectivity index (χ1n) is 12.2. The number of ether oxygens (including phenoxy) is 1. The molecular weight excluding hydrogens is 456 g/mol. The second kappa shape index (κ2) is 10.4. The van der Waals surface area contributed by atoms with Crippen LogP contribution in [0.25, 0.3) is 11.0 Å². The molecule has 2 aromatic rings. The lowest BCUT2D eigenvalue weighted by molar-refractivity contribution is -0.155. The van der Waals surface area contributed by atoms with Crippen molar-refractivity contribution < 1.29 is 22.7 Å². The van der Waals surface area contributed by atoms with E-state index in [9.17, 15) is 18.0 Å². The summed E-state index contributed by atoms with van der Waals surface area (Å²) in [5, 5.41) is 2.94. The number of esters is 1. The standard InChI is InChI=1S/C24H34N4O5S/c1-17(24(30)25-18-8-4-5-9-18)33-23(29)13-12-22-26-20-16-19(10-11-21(20)27(22)2)34(31,32)28-14-6-3-7-15-28/h10-11,16-18H,3-9,12-15H2,1-2H3,(H,25,30)/t17-/m0/s1. The molecule has 1 atom stereocenters. The first-order chi connectivity index (χ1) is 16.3. The van der Waals surface area contributed by atoms with Gasteiger partial charge in [0.1, 0.15) is 5.82 Å². The molecule has 1 saturated carbocycles. The smallest absolute Gasteiger partial charge is 0.307 e. The Bertz CT molecular complexity index is 1150. The van der Waals surface area contributed by atoms with Gasteiger partial charge in [-0.1, -0.05) is 19.3 Å². The third kappa shape index (κ3) is 5.43. The van der Waals surface area contributed by atoms with Gasteiger partial charge in [0, 0.05) is 32.6 Å². The Labute approximate surface area is 200 Å². The van der Waals surface area contributed by atoms with Gasteiger partial charge in [0.15, 0.2) is 6.10 Å². The predicted molar refractivity (Wildman–Crippen MR) is 128 cm³/mol. The second-order valence-corrected chi connectivity index (χ2v) is 11.3. The number of benzene rings is 1. The number of imidazole rings is 1. The van der Waals surface area contributed by atoms with Crippen LogP contribution in [0.1, 0.15) is 64.1 Å². The highest BCUT2D eigenvalue weighted by molar-refractivity contribution is 7.89. The third-order valence-corrected chi connectivity index (χ3v) is 8.72. The van der Waals surface area contributed by atoms with Gasteiger partial charge in [-0.2, -0.15) is 4.31 Å². The number of nitrogens with one attached hydrogen (secondary N) is 1. The SMILES string of the molecule is C[C@H](OC(=O)CCc1nc2cc(S(=O)(=O)N3CCCCC3)ccc2n1C)C(=O)NC1CCCC1. The number of hydrogen-bond acceptors (Lipinski definition) is 6. The van der Waals surface area contributed by atoms with Gasteiger partial charge in [0.05, 0.1) is 22.3 Å². The van der Waals surface area contributed by atoms with Gasteiger partial charge in [-0.3, -0.25) is 9.59 Å². The molecule has 1 aromatic carbocycles. The highest BCUT2D eigenvalue weighted by Gasteiger charge is 2.27. The first-order valence-corrected chi connectivity index (χ1v) is 13.6. The van der Waals surface area contributed by atoms with Gasteiger partial charge in [0.2, 0.25) is 10.0 Å². The quantitative estimate of drug-likeness (QED) is 0.570. The van der Waals surface area contributed by atoms with E-state index in [-0.39, 0.29) is 23.3 Å². The molecule has 0 bridgehead atoms. The summed E-state index contributed by atoms with van der Waals surface area (Å²) < 4.78 is 34.7. The molecular formula is C24H34N4O5S. The fourth-order valence-corrected chi connectivity index (χ4v) is 6.32. The van der Waals surface area contributed by atoms with Crippen molar-refractivity contribution in [1.82, 2.24) is 19.2 Å². The van der Waals surface area contributed by atoms with Crippen LogP contribution >= 0.6 is 0 Å². The summed E-state index contributed by atoms with van der Waals surface area (Å²) in [6, 6.07) is 5.17. The van der Waals surface area contributed by atoms with Crippen molar-refractivity contribution in [2.45, 2.75) is 81.8 Å². The van der Waals surface area contributed by atoms with Crippen LogP contribution in [0.5, 0.6) is 0 Å². The summed E-state index contributed by atoms with van der Waals surface area (Å²) in [4.78, 5) is 29.4. The molecule has 34 heavy (non-hydrogen) atoms. The van der Waals surface area contributed by atoms with E-state index in [0.717, 1.165) is 50.5 Å². The van der Waals surface area contributed by atoms with Crippen LogP contribution in [0.2, 0.25) is 0 Å². The molecule has 0 radical (unpaired) electrons. The zero-order valence-corrected chi connectivity index (χ0v) is 20.8. The molecule has 9 nitrogen and oxygen atoms in total. The van der Waals surface area contributed by atoms with Crippen LogP contribution in [0, 0.1) is 0 Å². The number of piperidine rings is 1. The molecule has 1 aliphatic heterocycles.